The number of hydrogen-bond donors (Lipinski definition) is 1. The summed E-state index contributed by atoms with van der Waals surface area (Å²) in [7, 11) is 0. The molecule has 0 saturated heterocycles. The number of rotatable bonds is 3. The Morgan fingerprint density at radius 2 is 1.45 bits per heavy atom. The summed E-state index contributed by atoms with van der Waals surface area (Å²) in [6.07, 6.45) is 0. The number of imide groups is 1. The van der Waals surface area contributed by atoms with Gasteiger partial charge in [0.15, 0.2) is 5.78 Å². The highest BCUT2D eigenvalue weighted by Gasteiger charge is 2.40. The van der Waals surface area contributed by atoms with Crippen molar-refractivity contribution in [2.45, 2.75) is 13.0 Å². The summed E-state index contributed by atoms with van der Waals surface area (Å²) < 4.78 is 0. The van der Waals surface area contributed by atoms with Gasteiger partial charge in [-0.05, 0) is 43.3 Å². The predicted octanol–water partition coefficient (Wildman–Crippen LogP) is 2.26. The average Bonchev–Trinajstić information content (AvgIpc) is 2.79. The quantitative estimate of drug-likeness (QED) is 0.696. The van der Waals surface area contributed by atoms with Gasteiger partial charge < -0.3 is 5.11 Å². The van der Waals surface area contributed by atoms with Crippen LogP contribution in [0.2, 0.25) is 0 Å². The van der Waals surface area contributed by atoms with Crippen LogP contribution >= 0.6 is 0 Å². The van der Waals surface area contributed by atoms with Gasteiger partial charge >= 0.3 is 0 Å². The van der Waals surface area contributed by atoms with E-state index < -0.39 is 17.9 Å². The van der Waals surface area contributed by atoms with Crippen LogP contribution in [0.5, 0.6) is 5.75 Å². The summed E-state index contributed by atoms with van der Waals surface area (Å²) in [6.45, 7) is 1.52. The number of carbonyl (C=O) groups is 3. The molecule has 2 amide bonds. The van der Waals surface area contributed by atoms with Crippen molar-refractivity contribution in [2.24, 2.45) is 0 Å². The fraction of sp³-hybridized carbons (Fsp3) is 0.118. The fourth-order valence-electron chi connectivity index (χ4n) is 2.54. The first-order valence-electron chi connectivity index (χ1n) is 6.81. The summed E-state index contributed by atoms with van der Waals surface area (Å²) >= 11 is 0. The van der Waals surface area contributed by atoms with E-state index in [1.54, 1.807) is 24.3 Å². The van der Waals surface area contributed by atoms with Crippen LogP contribution in [-0.4, -0.2) is 33.6 Å². The van der Waals surface area contributed by atoms with Crippen LogP contribution in [0, 0.1) is 0 Å². The number of Topliss-reactive ketones (excluding diaryl/α,β-unsaturated/α-hetero) is 1. The molecule has 0 aliphatic carbocycles. The van der Waals surface area contributed by atoms with Crippen LogP contribution in [0.4, 0.5) is 0 Å². The third kappa shape index (κ3) is 2.07. The summed E-state index contributed by atoms with van der Waals surface area (Å²) in [5, 5.41) is 9.26. The minimum absolute atomic E-state index is 0.0462. The maximum atomic E-state index is 12.5. The smallest absolute Gasteiger partial charge is 0.262 e. The molecule has 5 nitrogen and oxygen atoms in total. The second-order valence-electron chi connectivity index (χ2n) is 5.11. The van der Waals surface area contributed by atoms with E-state index in [1.165, 1.54) is 31.2 Å². The van der Waals surface area contributed by atoms with Crippen molar-refractivity contribution in [3.05, 3.63) is 65.2 Å². The number of fused-ring (bicyclic) bond motifs is 1. The van der Waals surface area contributed by atoms with E-state index in [-0.39, 0.29) is 11.5 Å². The zero-order chi connectivity index (χ0) is 15.9. The van der Waals surface area contributed by atoms with E-state index >= 15 is 0 Å². The highest BCUT2D eigenvalue weighted by molar-refractivity contribution is 6.23. The zero-order valence-corrected chi connectivity index (χ0v) is 11.8. The number of amides is 2. The summed E-state index contributed by atoms with van der Waals surface area (Å²) in [5.41, 5.74) is 0.970. The van der Waals surface area contributed by atoms with Crippen molar-refractivity contribution in [2.75, 3.05) is 0 Å². The Hall–Kier alpha value is -2.95. The minimum atomic E-state index is -0.906. The molecule has 3 rings (SSSR count). The number of phenols is 1. The number of benzene rings is 2. The molecule has 5 heteroatoms. The third-order valence-electron chi connectivity index (χ3n) is 3.74. The highest BCUT2D eigenvalue weighted by Crippen LogP contribution is 2.25. The Morgan fingerprint density at radius 1 is 0.955 bits per heavy atom. The SMILES string of the molecule is CC(C(=O)c1ccc(O)cc1)N1C(=O)c2ccccc2C1=O. The summed E-state index contributed by atoms with van der Waals surface area (Å²) in [4.78, 5) is 38.1. The Labute approximate surface area is 126 Å². The molecule has 0 bridgehead atoms. The summed E-state index contributed by atoms with van der Waals surface area (Å²) in [6, 6.07) is 11.3. The van der Waals surface area contributed by atoms with Crippen LogP contribution in [0.1, 0.15) is 38.0 Å². The molecule has 1 atom stereocenters. The largest absolute Gasteiger partial charge is 0.508 e. The highest BCUT2D eigenvalue weighted by atomic mass is 16.3. The third-order valence-corrected chi connectivity index (χ3v) is 3.74. The first kappa shape index (κ1) is 14.0. The van der Waals surface area contributed by atoms with E-state index in [0.29, 0.717) is 16.7 Å². The average molecular weight is 295 g/mol. The maximum Gasteiger partial charge on any atom is 0.262 e. The normalized spacial score (nSPS) is 14.9. The second kappa shape index (κ2) is 5.11. The van der Waals surface area contributed by atoms with Crippen molar-refractivity contribution in [1.82, 2.24) is 4.90 Å². The van der Waals surface area contributed by atoms with E-state index in [0.717, 1.165) is 4.90 Å². The predicted molar refractivity (Wildman–Crippen MR) is 78.8 cm³/mol. The number of ketones is 1. The van der Waals surface area contributed by atoms with Gasteiger partial charge in [0.1, 0.15) is 11.8 Å². The van der Waals surface area contributed by atoms with Gasteiger partial charge in [0, 0.05) is 5.56 Å². The van der Waals surface area contributed by atoms with Crippen molar-refractivity contribution in [3.8, 4) is 5.75 Å². The Bertz CT molecular complexity index is 745. The lowest BCUT2D eigenvalue weighted by Crippen LogP contribution is -2.42. The fourth-order valence-corrected chi connectivity index (χ4v) is 2.54. The maximum absolute atomic E-state index is 12.5. The first-order valence-corrected chi connectivity index (χ1v) is 6.81. The molecule has 1 N–H and O–H groups in total. The molecular weight excluding hydrogens is 282 g/mol. The van der Waals surface area contributed by atoms with Gasteiger partial charge in [-0.2, -0.15) is 0 Å². The van der Waals surface area contributed by atoms with E-state index in [9.17, 15) is 19.5 Å². The van der Waals surface area contributed by atoms with Gasteiger partial charge in [0.2, 0.25) is 0 Å². The Balaban J connectivity index is 1.92. The molecular formula is C17H13NO4. The van der Waals surface area contributed by atoms with Gasteiger partial charge in [-0.3, -0.25) is 19.3 Å². The van der Waals surface area contributed by atoms with E-state index in [1.807, 2.05) is 0 Å². The molecule has 2 aromatic carbocycles. The lowest BCUT2D eigenvalue weighted by atomic mass is 10.0. The van der Waals surface area contributed by atoms with Gasteiger partial charge in [-0.25, -0.2) is 0 Å². The number of carbonyl (C=O) groups excluding carboxylic acids is 3. The number of hydrogen-bond acceptors (Lipinski definition) is 4. The molecule has 2 aromatic rings. The molecule has 0 fully saturated rings. The van der Waals surface area contributed by atoms with Crippen molar-refractivity contribution in [3.63, 3.8) is 0 Å². The number of phenolic OH excluding ortho intramolecular Hbond substituents is 1. The second-order valence-corrected chi connectivity index (χ2v) is 5.11. The van der Waals surface area contributed by atoms with Gasteiger partial charge in [0.05, 0.1) is 11.1 Å². The van der Waals surface area contributed by atoms with Crippen LogP contribution in [-0.2, 0) is 0 Å². The number of nitrogens with zero attached hydrogens (tertiary/aromatic N) is 1. The van der Waals surface area contributed by atoms with Crippen molar-refractivity contribution >= 4 is 17.6 Å². The molecule has 1 unspecified atom stereocenters. The van der Waals surface area contributed by atoms with Gasteiger partial charge in [-0.15, -0.1) is 0 Å². The Morgan fingerprint density at radius 3 is 1.95 bits per heavy atom. The molecule has 1 aliphatic rings. The zero-order valence-electron chi connectivity index (χ0n) is 11.8. The monoisotopic (exact) mass is 295 g/mol. The standard InChI is InChI=1S/C17H13NO4/c1-10(15(20)11-6-8-12(19)9-7-11)18-16(21)13-4-2-3-5-14(13)17(18)22/h2-10,19H,1H3. The van der Waals surface area contributed by atoms with Gasteiger partial charge in [0.25, 0.3) is 11.8 Å². The van der Waals surface area contributed by atoms with Crippen LogP contribution in [0.25, 0.3) is 0 Å². The minimum Gasteiger partial charge on any atom is -0.508 e. The molecule has 0 spiro atoms. The molecule has 0 aromatic heterocycles. The lowest BCUT2D eigenvalue weighted by molar-refractivity contribution is 0.0555. The first-order chi connectivity index (χ1) is 10.5. The van der Waals surface area contributed by atoms with Crippen LogP contribution in [0.3, 0.4) is 0 Å². The van der Waals surface area contributed by atoms with Crippen molar-refractivity contribution in [1.29, 1.82) is 0 Å². The molecule has 0 radical (unpaired) electrons. The van der Waals surface area contributed by atoms with Crippen LogP contribution in [0.15, 0.2) is 48.5 Å². The molecule has 22 heavy (non-hydrogen) atoms. The molecule has 1 aliphatic heterocycles. The molecule has 110 valence electrons. The molecule has 1 heterocycles. The lowest BCUT2D eigenvalue weighted by Gasteiger charge is -2.21. The van der Waals surface area contributed by atoms with Crippen molar-refractivity contribution < 1.29 is 19.5 Å². The molecule has 0 saturated carbocycles. The van der Waals surface area contributed by atoms with E-state index in [2.05, 4.69) is 0 Å². The summed E-state index contributed by atoms with van der Waals surface area (Å²) in [5.74, 6) is -1.22. The van der Waals surface area contributed by atoms with Gasteiger partial charge in [-0.1, -0.05) is 12.1 Å². The van der Waals surface area contributed by atoms with E-state index in [4.69, 9.17) is 0 Å². The number of aromatic hydroxyl groups is 1. The van der Waals surface area contributed by atoms with Crippen LogP contribution < -0.4 is 0 Å². The topological polar surface area (TPSA) is 74.7 Å². The Kier molecular flexibility index (Phi) is 3.25.